The van der Waals surface area contributed by atoms with E-state index in [0.29, 0.717) is 11.5 Å². The molecule has 140 valence electrons. The van der Waals surface area contributed by atoms with Gasteiger partial charge in [-0.15, -0.1) is 0 Å². The van der Waals surface area contributed by atoms with Crippen molar-refractivity contribution >= 4 is 16.8 Å². The summed E-state index contributed by atoms with van der Waals surface area (Å²) >= 11 is 0. The van der Waals surface area contributed by atoms with Gasteiger partial charge in [0.15, 0.2) is 0 Å². The van der Waals surface area contributed by atoms with Crippen molar-refractivity contribution in [2.75, 3.05) is 0 Å². The Hall–Kier alpha value is -2.76. The van der Waals surface area contributed by atoms with Crippen LogP contribution in [0.2, 0.25) is 0 Å². The Morgan fingerprint density at radius 3 is 2.74 bits per heavy atom. The smallest absolute Gasteiger partial charge is 0.252 e. The van der Waals surface area contributed by atoms with Gasteiger partial charge in [-0.05, 0) is 64.2 Å². The highest BCUT2D eigenvalue weighted by molar-refractivity contribution is 6.07. The summed E-state index contributed by atoms with van der Waals surface area (Å²) in [7, 11) is 0. The van der Waals surface area contributed by atoms with Crippen LogP contribution in [-0.4, -0.2) is 25.7 Å². The molecule has 1 fully saturated rings. The third kappa shape index (κ3) is 3.31. The van der Waals surface area contributed by atoms with Gasteiger partial charge < -0.3 is 5.32 Å². The number of carbonyl (C=O) groups excluding carboxylic acids is 1. The van der Waals surface area contributed by atoms with Crippen LogP contribution < -0.4 is 5.32 Å². The number of fused-ring (bicyclic) bond motifs is 1. The minimum atomic E-state index is -0.102. The van der Waals surface area contributed by atoms with Crippen molar-refractivity contribution in [3.05, 3.63) is 52.7 Å². The van der Waals surface area contributed by atoms with E-state index in [-0.39, 0.29) is 11.9 Å². The third-order valence-corrected chi connectivity index (χ3v) is 5.22. The second kappa shape index (κ2) is 6.76. The number of carbonyl (C=O) groups is 1. The van der Waals surface area contributed by atoms with E-state index in [1.807, 2.05) is 44.5 Å². The molecule has 6 nitrogen and oxygen atoms in total. The maximum atomic E-state index is 13.3. The van der Waals surface area contributed by atoms with E-state index in [9.17, 15) is 4.79 Å². The summed E-state index contributed by atoms with van der Waals surface area (Å²) in [4.78, 5) is 22.4. The van der Waals surface area contributed by atoms with Gasteiger partial charge in [0.1, 0.15) is 12.2 Å². The van der Waals surface area contributed by atoms with Crippen molar-refractivity contribution in [1.29, 1.82) is 0 Å². The molecule has 3 aromatic rings. The Balaban J connectivity index is 1.74. The van der Waals surface area contributed by atoms with Crippen LogP contribution in [0, 0.1) is 26.7 Å². The third-order valence-electron chi connectivity index (χ3n) is 5.22. The number of hydrogen-bond acceptors (Lipinski definition) is 4. The fourth-order valence-electron chi connectivity index (χ4n) is 3.80. The molecule has 2 aromatic heterocycles. The molecule has 0 aliphatic heterocycles. The highest BCUT2D eigenvalue weighted by Gasteiger charge is 2.36. The normalized spacial score (nSPS) is 15.1. The first-order valence-corrected chi connectivity index (χ1v) is 9.55. The van der Waals surface area contributed by atoms with Crippen LogP contribution in [-0.2, 0) is 6.54 Å². The maximum Gasteiger partial charge on any atom is 0.252 e. The van der Waals surface area contributed by atoms with Gasteiger partial charge in [-0.3, -0.25) is 9.78 Å². The van der Waals surface area contributed by atoms with Crippen molar-refractivity contribution in [3.63, 3.8) is 0 Å². The molecule has 6 heteroatoms. The van der Waals surface area contributed by atoms with Crippen molar-refractivity contribution < 1.29 is 4.79 Å². The van der Waals surface area contributed by atoms with Gasteiger partial charge >= 0.3 is 0 Å². The highest BCUT2D eigenvalue weighted by Crippen LogP contribution is 2.40. The van der Waals surface area contributed by atoms with Crippen LogP contribution in [0.15, 0.2) is 24.5 Å². The van der Waals surface area contributed by atoms with Crippen LogP contribution in [0.25, 0.3) is 10.9 Å². The lowest BCUT2D eigenvalue weighted by molar-refractivity contribution is 0.0930. The van der Waals surface area contributed by atoms with Gasteiger partial charge in [0, 0.05) is 17.6 Å². The Labute approximate surface area is 159 Å². The molecular formula is C21H25N5O. The Bertz CT molecular complexity index is 1020. The van der Waals surface area contributed by atoms with Gasteiger partial charge in [0.25, 0.3) is 5.91 Å². The summed E-state index contributed by atoms with van der Waals surface area (Å²) < 4.78 is 1.87. The molecule has 4 rings (SSSR count). The minimum Gasteiger partial charge on any atom is -0.342 e. The van der Waals surface area contributed by atoms with Gasteiger partial charge in [-0.1, -0.05) is 11.6 Å². The van der Waals surface area contributed by atoms with E-state index in [1.54, 1.807) is 6.33 Å². The first-order chi connectivity index (χ1) is 13.0. The molecule has 27 heavy (non-hydrogen) atoms. The van der Waals surface area contributed by atoms with Crippen LogP contribution in [0.1, 0.15) is 58.8 Å². The summed E-state index contributed by atoms with van der Waals surface area (Å²) in [5, 5.41) is 8.42. The van der Waals surface area contributed by atoms with Gasteiger partial charge in [0.2, 0.25) is 0 Å². The zero-order valence-electron chi connectivity index (χ0n) is 16.3. The van der Waals surface area contributed by atoms with Crippen molar-refractivity contribution in [2.24, 2.45) is 5.92 Å². The number of pyridine rings is 1. The molecule has 1 aliphatic carbocycles. The molecule has 1 atom stereocenters. The molecule has 1 aromatic carbocycles. The standard InChI is InChI=1S/C21H25N5O/c1-5-26-20(22-11-23-26)19(15-6-7-15)25-21(27)17-10-14(4)24-18-13(3)8-12(2)9-16(17)18/h8-11,15,19H,5-7H2,1-4H3,(H,25,27)/t19-/m1/s1. The predicted molar refractivity (Wildman–Crippen MR) is 105 cm³/mol. The number of hydrogen-bond donors (Lipinski definition) is 1. The molecule has 0 radical (unpaired) electrons. The number of aryl methyl sites for hydroxylation is 4. The van der Waals surface area contributed by atoms with Crippen LogP contribution in [0.3, 0.4) is 0 Å². The second-order valence-corrected chi connectivity index (χ2v) is 7.51. The maximum absolute atomic E-state index is 13.3. The highest BCUT2D eigenvalue weighted by atomic mass is 16.1. The molecular weight excluding hydrogens is 338 g/mol. The fraction of sp³-hybridized carbons (Fsp3) is 0.429. The lowest BCUT2D eigenvalue weighted by Gasteiger charge is -2.19. The molecule has 0 saturated heterocycles. The van der Waals surface area contributed by atoms with E-state index in [2.05, 4.69) is 26.4 Å². The summed E-state index contributed by atoms with van der Waals surface area (Å²) in [5.74, 6) is 1.20. The largest absolute Gasteiger partial charge is 0.342 e. The molecule has 0 spiro atoms. The molecule has 1 amide bonds. The Kier molecular flexibility index (Phi) is 4.42. The van der Waals surface area contributed by atoms with Gasteiger partial charge in [0.05, 0.1) is 17.1 Å². The van der Waals surface area contributed by atoms with E-state index < -0.39 is 0 Å². The lowest BCUT2D eigenvalue weighted by atomic mass is 10.0. The van der Waals surface area contributed by atoms with E-state index in [0.717, 1.165) is 52.9 Å². The number of nitrogens with one attached hydrogen (secondary N) is 1. The zero-order chi connectivity index (χ0) is 19.1. The molecule has 1 saturated carbocycles. The molecule has 0 unspecified atom stereocenters. The summed E-state index contributed by atoms with van der Waals surface area (Å²) in [6.45, 7) is 8.80. The minimum absolute atomic E-state index is 0.0712. The van der Waals surface area contributed by atoms with Crippen molar-refractivity contribution in [2.45, 2.75) is 53.1 Å². The van der Waals surface area contributed by atoms with Gasteiger partial charge in [-0.2, -0.15) is 5.10 Å². The van der Waals surface area contributed by atoms with Crippen molar-refractivity contribution in [1.82, 2.24) is 25.1 Å². The quantitative estimate of drug-likeness (QED) is 0.751. The summed E-state index contributed by atoms with van der Waals surface area (Å²) in [5.41, 5.74) is 4.64. The van der Waals surface area contributed by atoms with E-state index in [4.69, 9.17) is 0 Å². The number of nitrogens with zero attached hydrogens (tertiary/aromatic N) is 4. The van der Waals surface area contributed by atoms with Crippen LogP contribution >= 0.6 is 0 Å². The monoisotopic (exact) mass is 363 g/mol. The first-order valence-electron chi connectivity index (χ1n) is 9.55. The molecule has 0 bridgehead atoms. The van der Waals surface area contributed by atoms with Crippen LogP contribution in [0.4, 0.5) is 0 Å². The summed E-state index contributed by atoms with van der Waals surface area (Å²) in [6, 6.07) is 5.93. The van der Waals surface area contributed by atoms with Crippen molar-refractivity contribution in [3.8, 4) is 0 Å². The topological polar surface area (TPSA) is 72.7 Å². The van der Waals surface area contributed by atoms with E-state index in [1.165, 1.54) is 0 Å². The lowest BCUT2D eigenvalue weighted by Crippen LogP contribution is -2.32. The average Bonchev–Trinajstić information content (AvgIpc) is 3.36. The van der Waals surface area contributed by atoms with E-state index >= 15 is 0 Å². The zero-order valence-corrected chi connectivity index (χ0v) is 16.3. The Morgan fingerprint density at radius 2 is 2.04 bits per heavy atom. The average molecular weight is 363 g/mol. The fourth-order valence-corrected chi connectivity index (χ4v) is 3.80. The SMILES string of the molecule is CCn1ncnc1[C@H](NC(=O)c1cc(C)nc2c(C)cc(C)cc12)C1CC1. The second-order valence-electron chi connectivity index (χ2n) is 7.51. The summed E-state index contributed by atoms with van der Waals surface area (Å²) in [6.07, 6.45) is 3.78. The van der Waals surface area contributed by atoms with Crippen LogP contribution in [0.5, 0.6) is 0 Å². The molecule has 1 N–H and O–H groups in total. The van der Waals surface area contributed by atoms with Gasteiger partial charge in [-0.25, -0.2) is 9.67 Å². The predicted octanol–water partition coefficient (Wildman–Crippen LogP) is 3.65. The number of amides is 1. The number of rotatable bonds is 5. The Morgan fingerprint density at radius 1 is 1.26 bits per heavy atom. The number of benzene rings is 1. The molecule has 2 heterocycles. The molecule has 1 aliphatic rings. The first kappa shape index (κ1) is 17.6. The number of aromatic nitrogens is 4.